The molecule has 10 rings (SSSR count). The highest BCUT2D eigenvalue weighted by Crippen LogP contribution is 2.48. The molecular formula is C47H56N6O9S2. The standard InChI is InChI=1S/C24H29N3O5S.C23H27N3O4S/c1-24(2,3)32-23(29)27-21-20(19(28)15-6-7-17-18(12-15)31-9-8-30-17)33-22(26-21)25-16-11-13-4-5-14(16)10-13;1-2-3-19(27)25-22-21(20(28)15-6-7-17-18(12-15)30-9-8-29-17)31-23(26-22)24-16-11-13-4-5-14(16)10-13/h6-7,12-14,16H,4-5,8-11H2,1-3H3,(H,25,26)(H,27,29);6-7,12-14,16H,2-5,8-11H2,1H3,(H,24,26)(H,25,27)/t2*13?,14?,16-/m00/s1. The molecule has 4 unspecified atom stereocenters. The fourth-order valence-corrected chi connectivity index (χ4v) is 11.7. The lowest BCUT2D eigenvalue weighted by atomic mass is 9.96. The molecule has 0 saturated heterocycles. The van der Waals surface area contributed by atoms with Gasteiger partial charge in [0.2, 0.25) is 17.5 Å². The van der Waals surface area contributed by atoms with Gasteiger partial charge in [-0.1, -0.05) is 42.4 Å². The van der Waals surface area contributed by atoms with Gasteiger partial charge in [-0.2, -0.15) is 0 Å². The highest BCUT2D eigenvalue weighted by Gasteiger charge is 2.41. The third-order valence-electron chi connectivity index (χ3n) is 12.7. The smallest absolute Gasteiger partial charge is 0.413 e. The minimum atomic E-state index is -0.662. The van der Waals surface area contributed by atoms with Crippen LogP contribution in [-0.2, 0) is 9.53 Å². The first-order valence-electron chi connectivity index (χ1n) is 22.6. The Hall–Kier alpha value is -5.42. The molecule has 6 atom stereocenters. The lowest BCUT2D eigenvalue weighted by Crippen LogP contribution is -2.28. The van der Waals surface area contributed by atoms with E-state index in [4.69, 9.17) is 23.7 Å². The van der Waals surface area contributed by atoms with E-state index in [2.05, 4.69) is 31.2 Å². The largest absolute Gasteiger partial charge is 0.486 e. The summed E-state index contributed by atoms with van der Waals surface area (Å²) >= 11 is 2.58. The molecule has 2 amide bonds. The zero-order valence-corrected chi connectivity index (χ0v) is 38.3. The Morgan fingerprint density at radius 2 is 1.12 bits per heavy atom. The molecule has 4 bridgehead atoms. The predicted molar refractivity (Wildman–Crippen MR) is 245 cm³/mol. The van der Waals surface area contributed by atoms with Crippen molar-refractivity contribution in [3.8, 4) is 23.0 Å². The molecule has 2 aromatic carbocycles. The number of ether oxygens (including phenoxy) is 5. The van der Waals surface area contributed by atoms with Crippen LogP contribution in [0.4, 0.5) is 26.7 Å². The first kappa shape index (κ1) is 43.8. The molecule has 4 fully saturated rings. The highest BCUT2D eigenvalue weighted by atomic mass is 32.1. The van der Waals surface area contributed by atoms with Crippen molar-refractivity contribution in [1.82, 2.24) is 9.97 Å². The lowest BCUT2D eigenvalue weighted by Gasteiger charge is -2.22. The summed E-state index contributed by atoms with van der Waals surface area (Å²) < 4.78 is 27.8. The van der Waals surface area contributed by atoms with E-state index in [0.29, 0.717) is 117 Å². The molecule has 17 heteroatoms. The fraction of sp³-hybridized carbons (Fsp3) is 0.532. The minimum absolute atomic E-state index is 0.129. The van der Waals surface area contributed by atoms with Crippen molar-refractivity contribution >= 4 is 68.1 Å². The van der Waals surface area contributed by atoms with Gasteiger partial charge in [0.05, 0.1) is 0 Å². The van der Waals surface area contributed by atoms with Gasteiger partial charge in [-0.05, 0) is 126 Å². The van der Waals surface area contributed by atoms with Crippen LogP contribution in [-0.4, -0.2) is 77.6 Å². The molecule has 15 nitrogen and oxygen atoms in total. The zero-order chi connectivity index (χ0) is 44.5. The van der Waals surface area contributed by atoms with Crippen molar-refractivity contribution in [2.75, 3.05) is 47.7 Å². The van der Waals surface area contributed by atoms with E-state index in [9.17, 15) is 19.2 Å². The van der Waals surface area contributed by atoms with Gasteiger partial charge in [0.25, 0.3) is 0 Å². The zero-order valence-electron chi connectivity index (χ0n) is 36.7. The van der Waals surface area contributed by atoms with E-state index in [0.717, 1.165) is 31.1 Å². The molecule has 4 N–H and O–H groups in total. The number of rotatable bonds is 12. The number of benzene rings is 2. The summed E-state index contributed by atoms with van der Waals surface area (Å²) in [5.74, 6) is 5.30. The number of carbonyl (C=O) groups excluding carboxylic acids is 4. The van der Waals surface area contributed by atoms with Crippen LogP contribution in [0.15, 0.2) is 36.4 Å². The van der Waals surface area contributed by atoms with Crippen molar-refractivity contribution in [2.24, 2.45) is 23.7 Å². The molecule has 4 heterocycles. The molecule has 340 valence electrons. The second-order valence-electron chi connectivity index (χ2n) is 18.5. The fourth-order valence-electron chi connectivity index (χ4n) is 9.85. The highest BCUT2D eigenvalue weighted by molar-refractivity contribution is 7.18. The minimum Gasteiger partial charge on any atom is -0.486 e. The number of carbonyl (C=O) groups is 4. The van der Waals surface area contributed by atoms with Crippen LogP contribution in [0.25, 0.3) is 0 Å². The summed E-state index contributed by atoms with van der Waals surface area (Å²) in [6.45, 7) is 9.20. The molecule has 2 aliphatic heterocycles. The topological polar surface area (TPSA) is 188 Å². The number of anilines is 4. The van der Waals surface area contributed by atoms with E-state index in [1.807, 2.05) is 6.92 Å². The van der Waals surface area contributed by atoms with E-state index >= 15 is 0 Å². The molecule has 4 saturated carbocycles. The maximum absolute atomic E-state index is 13.5. The number of hydrogen-bond acceptors (Lipinski definition) is 15. The van der Waals surface area contributed by atoms with E-state index in [1.165, 1.54) is 61.2 Å². The van der Waals surface area contributed by atoms with Crippen molar-refractivity contribution in [3.63, 3.8) is 0 Å². The Bertz CT molecular complexity index is 2410. The number of aromatic nitrogens is 2. The number of hydrogen-bond donors (Lipinski definition) is 4. The lowest BCUT2D eigenvalue weighted by molar-refractivity contribution is -0.116. The molecular weight excluding hydrogens is 857 g/mol. The predicted octanol–water partition coefficient (Wildman–Crippen LogP) is 9.58. The number of thiazole rings is 2. The number of fused-ring (bicyclic) bond motifs is 6. The van der Waals surface area contributed by atoms with Crippen LogP contribution >= 0.6 is 22.7 Å². The van der Waals surface area contributed by atoms with E-state index in [-0.39, 0.29) is 23.3 Å². The van der Waals surface area contributed by atoms with Crippen molar-refractivity contribution in [1.29, 1.82) is 0 Å². The molecule has 6 aliphatic rings. The Labute approximate surface area is 380 Å². The third kappa shape index (κ3) is 9.94. The molecule has 4 aliphatic carbocycles. The van der Waals surface area contributed by atoms with Gasteiger partial charge in [0.15, 0.2) is 44.9 Å². The van der Waals surface area contributed by atoms with Crippen LogP contribution in [0.2, 0.25) is 0 Å². The first-order valence-corrected chi connectivity index (χ1v) is 24.2. The SMILES string of the molecule is CC(C)(C)OC(=O)Nc1nc(N[C@H]2CC3CCC2C3)sc1C(=O)c1ccc2c(c1)OCCO2.CCCC(=O)Nc1nc(N[C@H]2CC3CCC2C3)sc1C(=O)c1ccc2c(c1)OCCO2. The quantitative estimate of drug-likeness (QED) is 0.0985. The van der Waals surface area contributed by atoms with E-state index in [1.54, 1.807) is 57.2 Å². The van der Waals surface area contributed by atoms with Crippen molar-refractivity contribution < 1.29 is 42.9 Å². The van der Waals surface area contributed by atoms with Gasteiger partial charge in [0, 0.05) is 29.6 Å². The Morgan fingerprint density at radius 3 is 1.55 bits per heavy atom. The maximum Gasteiger partial charge on any atom is 0.413 e. The third-order valence-corrected chi connectivity index (χ3v) is 14.7. The number of nitrogens with zero attached hydrogens (tertiary/aromatic N) is 2. The van der Waals surface area contributed by atoms with Gasteiger partial charge in [-0.3, -0.25) is 19.7 Å². The van der Waals surface area contributed by atoms with Crippen LogP contribution < -0.4 is 40.2 Å². The van der Waals surface area contributed by atoms with Gasteiger partial charge < -0.3 is 39.6 Å². The number of ketones is 2. The molecule has 0 spiro atoms. The number of nitrogens with one attached hydrogen (secondary N) is 4. The Morgan fingerprint density at radius 1 is 0.656 bits per heavy atom. The maximum atomic E-state index is 13.5. The molecule has 2 aromatic heterocycles. The molecule has 4 aromatic rings. The van der Waals surface area contributed by atoms with Crippen LogP contribution in [0.3, 0.4) is 0 Å². The summed E-state index contributed by atoms with van der Waals surface area (Å²) in [5.41, 5.74) is 0.275. The Balaban J connectivity index is 0.000000162. The van der Waals surface area contributed by atoms with Crippen LogP contribution in [0, 0.1) is 23.7 Å². The molecule has 0 radical (unpaired) electrons. The van der Waals surface area contributed by atoms with Gasteiger partial charge in [0.1, 0.15) is 41.8 Å². The van der Waals surface area contributed by atoms with Gasteiger partial charge >= 0.3 is 6.09 Å². The average Bonchev–Trinajstić information content (AvgIpc) is 4.16. The second-order valence-corrected chi connectivity index (χ2v) is 20.5. The number of amides is 2. The summed E-state index contributed by atoms with van der Waals surface area (Å²) in [6, 6.07) is 11.1. The van der Waals surface area contributed by atoms with Crippen LogP contribution in [0.5, 0.6) is 23.0 Å². The van der Waals surface area contributed by atoms with Gasteiger partial charge in [-0.15, -0.1) is 0 Å². The summed E-state index contributed by atoms with van der Waals surface area (Å²) in [4.78, 5) is 61.5. The normalized spacial score (nSPS) is 23.4. The summed E-state index contributed by atoms with van der Waals surface area (Å²) in [5, 5.41) is 13.9. The average molecular weight is 913 g/mol. The van der Waals surface area contributed by atoms with Gasteiger partial charge in [-0.25, -0.2) is 14.8 Å². The Kier molecular flexibility index (Phi) is 12.7. The van der Waals surface area contributed by atoms with Crippen LogP contribution in [0.1, 0.15) is 122 Å². The first-order chi connectivity index (χ1) is 30.8. The van der Waals surface area contributed by atoms with Crippen molar-refractivity contribution in [2.45, 2.75) is 110 Å². The van der Waals surface area contributed by atoms with Crippen molar-refractivity contribution in [3.05, 3.63) is 57.3 Å². The monoisotopic (exact) mass is 912 g/mol. The second kappa shape index (κ2) is 18.6. The van der Waals surface area contributed by atoms with E-state index < -0.39 is 11.7 Å². The molecule has 64 heavy (non-hydrogen) atoms. The summed E-state index contributed by atoms with van der Waals surface area (Å²) in [7, 11) is 0. The summed E-state index contributed by atoms with van der Waals surface area (Å²) in [6.07, 6.45) is 10.4.